The lowest BCUT2D eigenvalue weighted by Crippen LogP contribution is -2.29. The highest BCUT2D eigenvalue weighted by atomic mass is 35.5. The zero-order chi connectivity index (χ0) is 26.5. The van der Waals surface area contributed by atoms with Crippen LogP contribution >= 0.6 is 11.6 Å². The normalized spacial score (nSPS) is 12.1. The Morgan fingerprint density at radius 2 is 1.49 bits per heavy atom. The highest BCUT2D eigenvalue weighted by Crippen LogP contribution is 2.35. The molecule has 0 bridgehead atoms. The van der Waals surface area contributed by atoms with Crippen molar-refractivity contribution in [3.05, 3.63) is 56.7 Å². The minimum absolute atomic E-state index is 0.0175. The molecule has 0 saturated carbocycles. The van der Waals surface area contributed by atoms with E-state index in [4.69, 9.17) is 16.0 Å². The molecule has 35 heavy (non-hydrogen) atoms. The van der Waals surface area contributed by atoms with Gasteiger partial charge in [0.1, 0.15) is 5.76 Å². The van der Waals surface area contributed by atoms with Crippen molar-refractivity contribution in [1.29, 1.82) is 0 Å². The Hall–Kier alpha value is -3.26. The number of hydrogen-bond acceptors (Lipinski definition) is 4. The van der Waals surface area contributed by atoms with Crippen molar-refractivity contribution in [2.45, 2.75) is 48.5 Å². The molecule has 186 valence electrons. The molecule has 0 fully saturated rings. The molecule has 0 atom stereocenters. The molecular formula is C26H27ClF2N2O4. The van der Waals surface area contributed by atoms with Crippen LogP contribution in [-0.4, -0.2) is 11.8 Å². The van der Waals surface area contributed by atoms with Gasteiger partial charge in [-0.1, -0.05) is 53.1 Å². The molecule has 6 nitrogen and oxygen atoms in total. The van der Waals surface area contributed by atoms with E-state index in [1.54, 1.807) is 47.6 Å². The standard InChI is InChI=1S/C26H27ClF2N2O4/c1-12-19(28)21(31-24(34)26(5,6)7)18-16(32)11-17(35-22(18)20(12)29)13-8-9-15(14(27)10-13)30-23(33)25(2,3)4/h8-11H,1-7H3,(H,30,33)(H,31,34). The summed E-state index contributed by atoms with van der Waals surface area (Å²) in [6.45, 7) is 11.3. The molecule has 2 N–H and O–H groups in total. The highest BCUT2D eigenvalue weighted by molar-refractivity contribution is 6.34. The van der Waals surface area contributed by atoms with Gasteiger partial charge in [-0.15, -0.1) is 0 Å². The number of anilines is 2. The number of amides is 2. The zero-order valence-electron chi connectivity index (χ0n) is 20.6. The van der Waals surface area contributed by atoms with Gasteiger partial charge in [-0.05, 0) is 25.1 Å². The molecular weight excluding hydrogens is 478 g/mol. The quantitative estimate of drug-likeness (QED) is 0.417. The van der Waals surface area contributed by atoms with Gasteiger partial charge < -0.3 is 15.1 Å². The van der Waals surface area contributed by atoms with Crippen LogP contribution in [0.1, 0.15) is 47.1 Å². The van der Waals surface area contributed by atoms with Gasteiger partial charge in [-0.3, -0.25) is 14.4 Å². The summed E-state index contributed by atoms with van der Waals surface area (Å²) in [6.07, 6.45) is 0. The number of rotatable bonds is 3. The van der Waals surface area contributed by atoms with Crippen LogP contribution in [0.4, 0.5) is 20.2 Å². The second-order valence-corrected chi connectivity index (χ2v) is 10.8. The lowest BCUT2D eigenvalue weighted by Gasteiger charge is -2.20. The summed E-state index contributed by atoms with van der Waals surface area (Å²) in [7, 11) is 0. The van der Waals surface area contributed by atoms with Gasteiger partial charge in [-0.25, -0.2) is 8.78 Å². The summed E-state index contributed by atoms with van der Waals surface area (Å²) in [5.74, 6) is -2.91. The van der Waals surface area contributed by atoms with Crippen molar-refractivity contribution < 1.29 is 22.8 Å². The molecule has 3 rings (SSSR count). The first kappa shape index (κ1) is 26.3. The SMILES string of the molecule is Cc1c(F)c(NC(=O)C(C)(C)C)c2c(=O)cc(-c3ccc(NC(=O)C(C)(C)C)c(Cl)c3)oc2c1F. The van der Waals surface area contributed by atoms with Crippen molar-refractivity contribution in [2.24, 2.45) is 10.8 Å². The summed E-state index contributed by atoms with van der Waals surface area (Å²) in [4.78, 5) is 37.8. The third-order valence-corrected chi connectivity index (χ3v) is 5.69. The number of fused-ring (bicyclic) bond motifs is 1. The predicted molar refractivity (Wildman–Crippen MR) is 134 cm³/mol. The number of hydrogen-bond donors (Lipinski definition) is 2. The molecule has 0 aliphatic rings. The third kappa shape index (κ3) is 5.22. The zero-order valence-corrected chi connectivity index (χ0v) is 21.3. The first-order valence-corrected chi connectivity index (χ1v) is 11.3. The number of halogens is 3. The van der Waals surface area contributed by atoms with Gasteiger partial charge in [0.15, 0.2) is 22.6 Å². The smallest absolute Gasteiger partial charge is 0.229 e. The molecule has 0 radical (unpaired) electrons. The molecule has 1 aromatic heterocycles. The second kappa shape index (κ2) is 9.07. The lowest BCUT2D eigenvalue weighted by molar-refractivity contribution is -0.123. The topological polar surface area (TPSA) is 88.4 Å². The van der Waals surface area contributed by atoms with Crippen molar-refractivity contribution in [2.75, 3.05) is 10.6 Å². The van der Waals surface area contributed by atoms with Crippen molar-refractivity contribution in [3.8, 4) is 11.3 Å². The van der Waals surface area contributed by atoms with E-state index in [-0.39, 0.29) is 16.7 Å². The van der Waals surface area contributed by atoms with Crippen molar-refractivity contribution in [3.63, 3.8) is 0 Å². The first-order valence-electron chi connectivity index (χ1n) is 10.9. The Bertz CT molecular complexity index is 1420. The van der Waals surface area contributed by atoms with E-state index in [2.05, 4.69) is 10.6 Å². The van der Waals surface area contributed by atoms with Gasteiger partial charge in [0, 0.05) is 28.0 Å². The maximum Gasteiger partial charge on any atom is 0.229 e. The van der Waals surface area contributed by atoms with Gasteiger partial charge in [0.25, 0.3) is 0 Å². The van der Waals surface area contributed by atoms with Crippen LogP contribution < -0.4 is 16.1 Å². The Morgan fingerprint density at radius 3 is 2.03 bits per heavy atom. The van der Waals surface area contributed by atoms with E-state index in [1.807, 2.05) is 0 Å². The molecule has 0 aliphatic heterocycles. The Kier molecular flexibility index (Phi) is 6.83. The Labute approximate surface area is 206 Å². The molecule has 0 aliphatic carbocycles. The van der Waals surface area contributed by atoms with Crippen molar-refractivity contribution in [1.82, 2.24) is 0 Å². The predicted octanol–water partition coefficient (Wildman–Crippen LogP) is 6.67. The number of carbonyl (C=O) groups is 2. The van der Waals surface area contributed by atoms with E-state index >= 15 is 4.39 Å². The van der Waals surface area contributed by atoms with Crippen LogP contribution in [0.3, 0.4) is 0 Å². The summed E-state index contributed by atoms with van der Waals surface area (Å²) in [5, 5.41) is 4.90. The van der Waals surface area contributed by atoms with Crippen LogP contribution in [0, 0.1) is 29.4 Å². The van der Waals surface area contributed by atoms with Gasteiger partial charge >= 0.3 is 0 Å². The molecule has 2 amide bonds. The maximum absolute atomic E-state index is 15.0. The van der Waals surface area contributed by atoms with E-state index in [1.165, 1.54) is 19.1 Å². The van der Waals surface area contributed by atoms with Crippen LogP contribution in [0.5, 0.6) is 0 Å². The van der Waals surface area contributed by atoms with Crippen molar-refractivity contribution >= 4 is 45.8 Å². The van der Waals surface area contributed by atoms with Gasteiger partial charge in [-0.2, -0.15) is 0 Å². The molecule has 3 aromatic rings. The summed E-state index contributed by atoms with van der Waals surface area (Å²) in [5.41, 5.74) is -2.90. The van der Waals surface area contributed by atoms with E-state index in [0.717, 1.165) is 6.07 Å². The van der Waals surface area contributed by atoms with Gasteiger partial charge in [0.05, 0.1) is 21.8 Å². The molecule has 9 heteroatoms. The Morgan fingerprint density at radius 1 is 0.914 bits per heavy atom. The fourth-order valence-electron chi connectivity index (χ4n) is 3.09. The summed E-state index contributed by atoms with van der Waals surface area (Å²) < 4.78 is 35.7. The fraction of sp³-hybridized carbons (Fsp3) is 0.346. The number of benzene rings is 2. The molecule has 0 saturated heterocycles. The van der Waals surface area contributed by atoms with E-state index in [0.29, 0.717) is 11.3 Å². The third-order valence-electron chi connectivity index (χ3n) is 5.38. The van der Waals surface area contributed by atoms with Crippen LogP contribution in [-0.2, 0) is 9.59 Å². The summed E-state index contributed by atoms with van der Waals surface area (Å²) >= 11 is 6.33. The average molecular weight is 505 g/mol. The summed E-state index contributed by atoms with van der Waals surface area (Å²) in [6, 6.07) is 5.61. The molecule has 0 unspecified atom stereocenters. The highest BCUT2D eigenvalue weighted by Gasteiger charge is 2.28. The lowest BCUT2D eigenvalue weighted by atomic mass is 9.95. The first-order chi connectivity index (χ1) is 16.0. The van der Waals surface area contributed by atoms with Crippen LogP contribution in [0.25, 0.3) is 22.3 Å². The fourth-order valence-corrected chi connectivity index (χ4v) is 3.32. The van der Waals surface area contributed by atoms with Crippen LogP contribution in [0.2, 0.25) is 5.02 Å². The largest absolute Gasteiger partial charge is 0.453 e. The monoisotopic (exact) mass is 504 g/mol. The number of carbonyl (C=O) groups excluding carboxylic acids is 2. The molecule has 0 spiro atoms. The van der Waals surface area contributed by atoms with Gasteiger partial charge in [0.2, 0.25) is 11.8 Å². The minimum atomic E-state index is -1.05. The van der Waals surface area contributed by atoms with E-state index in [9.17, 15) is 18.8 Å². The minimum Gasteiger partial charge on any atom is -0.453 e. The van der Waals surface area contributed by atoms with Crippen LogP contribution in [0.15, 0.2) is 33.5 Å². The average Bonchev–Trinajstić information content (AvgIpc) is 2.74. The maximum atomic E-state index is 15.0. The second-order valence-electron chi connectivity index (χ2n) is 10.4. The molecule has 1 heterocycles. The Balaban J connectivity index is 2.15. The number of nitrogens with one attached hydrogen (secondary N) is 2. The molecule has 2 aromatic carbocycles. The van der Waals surface area contributed by atoms with E-state index < -0.39 is 56.0 Å².